The van der Waals surface area contributed by atoms with Crippen molar-refractivity contribution in [3.8, 4) is 0 Å². The molecule has 0 heterocycles. The van der Waals surface area contributed by atoms with E-state index in [1.54, 1.807) is 0 Å². The van der Waals surface area contributed by atoms with Gasteiger partial charge in [-0.05, 0) is 5.92 Å². The number of ether oxygens (including phenoxy) is 1. The largest absolute Gasteiger partial charge is 0.386 e. The van der Waals surface area contributed by atoms with E-state index in [-0.39, 0.29) is 0 Å². The predicted octanol–water partition coefficient (Wildman–Crippen LogP) is -0.0181. The molecule has 0 spiro atoms. The summed E-state index contributed by atoms with van der Waals surface area (Å²) < 4.78 is 5.16. The summed E-state index contributed by atoms with van der Waals surface area (Å²) in [4.78, 5) is 0. The lowest BCUT2D eigenvalue weighted by Crippen LogP contribution is -2.02. The van der Waals surface area contributed by atoms with Crippen molar-refractivity contribution in [2.45, 2.75) is 13.8 Å². The zero-order valence-electron chi connectivity index (χ0n) is 5.40. The van der Waals surface area contributed by atoms with Crippen molar-refractivity contribution >= 4 is 10.2 Å². The molecular formula is C5H14OSi. The highest BCUT2D eigenvalue weighted by atomic mass is 28.1. The second kappa shape index (κ2) is 4.34. The van der Waals surface area contributed by atoms with Crippen LogP contribution in [0.5, 0.6) is 0 Å². The quantitative estimate of drug-likeness (QED) is 0.473. The van der Waals surface area contributed by atoms with Gasteiger partial charge in [0.2, 0.25) is 0 Å². The van der Waals surface area contributed by atoms with Gasteiger partial charge in [-0.3, -0.25) is 0 Å². The van der Waals surface area contributed by atoms with Crippen LogP contribution in [0.25, 0.3) is 0 Å². The lowest BCUT2D eigenvalue weighted by Gasteiger charge is -2.01. The van der Waals surface area contributed by atoms with Crippen molar-refractivity contribution in [3.05, 3.63) is 0 Å². The molecule has 7 heavy (non-hydrogen) atoms. The molecule has 0 aromatic carbocycles. The van der Waals surface area contributed by atoms with Crippen molar-refractivity contribution in [1.82, 2.24) is 0 Å². The molecule has 0 saturated carbocycles. The second-order valence-electron chi connectivity index (χ2n) is 2.05. The normalized spacial score (nSPS) is 10.7. The molecule has 0 aromatic rings. The average molecular weight is 118 g/mol. The maximum atomic E-state index is 5.16. The number of hydrogen-bond acceptors (Lipinski definition) is 1. The standard InChI is InChI=1S/C5H14OSi/c1-5(2)3-6-4-7/h5H,3-4H2,1-2,7H3. The highest BCUT2D eigenvalue weighted by Gasteiger charge is 1.88. The third-order valence-electron chi connectivity index (χ3n) is 0.655. The fraction of sp³-hybridized carbons (Fsp3) is 1.00. The van der Waals surface area contributed by atoms with Crippen LogP contribution in [-0.4, -0.2) is 23.1 Å². The van der Waals surface area contributed by atoms with Gasteiger partial charge in [0.05, 0.1) is 0 Å². The van der Waals surface area contributed by atoms with E-state index < -0.39 is 0 Å². The summed E-state index contributed by atoms with van der Waals surface area (Å²) in [7, 11) is 1.17. The smallest absolute Gasteiger partial charge is 0.0484 e. The molecule has 0 fully saturated rings. The Labute approximate surface area is 48.5 Å². The molecule has 0 bridgehead atoms. The van der Waals surface area contributed by atoms with Gasteiger partial charge in [0.1, 0.15) is 0 Å². The summed E-state index contributed by atoms with van der Waals surface area (Å²) >= 11 is 0. The Hall–Kier alpha value is 0.177. The highest BCUT2D eigenvalue weighted by molar-refractivity contribution is 6.08. The van der Waals surface area contributed by atoms with Crippen LogP contribution in [0.3, 0.4) is 0 Å². The summed E-state index contributed by atoms with van der Waals surface area (Å²) in [5.41, 5.74) is 0. The van der Waals surface area contributed by atoms with Crippen LogP contribution in [-0.2, 0) is 4.74 Å². The maximum absolute atomic E-state index is 5.16. The summed E-state index contributed by atoms with van der Waals surface area (Å²) in [5, 5.41) is 0. The molecule has 0 amide bonds. The summed E-state index contributed by atoms with van der Waals surface area (Å²) in [6, 6.07) is 0. The average Bonchev–Trinajstić information content (AvgIpc) is 1.61. The zero-order valence-corrected chi connectivity index (χ0v) is 7.40. The highest BCUT2D eigenvalue weighted by Crippen LogP contribution is 1.89. The first kappa shape index (κ1) is 7.18. The minimum absolute atomic E-state index is 0.703. The fourth-order valence-corrected chi connectivity index (χ4v) is 0.589. The van der Waals surface area contributed by atoms with Crippen LogP contribution in [0.4, 0.5) is 0 Å². The Morgan fingerprint density at radius 2 is 2.14 bits per heavy atom. The van der Waals surface area contributed by atoms with Gasteiger partial charge >= 0.3 is 0 Å². The summed E-state index contributed by atoms with van der Waals surface area (Å²) in [6.07, 6.45) is 0.984. The topological polar surface area (TPSA) is 9.23 Å². The monoisotopic (exact) mass is 118 g/mol. The van der Waals surface area contributed by atoms with Crippen molar-refractivity contribution < 1.29 is 4.74 Å². The molecule has 0 radical (unpaired) electrons. The summed E-state index contributed by atoms with van der Waals surface area (Å²) in [5.74, 6) is 0.703. The minimum Gasteiger partial charge on any atom is -0.386 e. The van der Waals surface area contributed by atoms with Gasteiger partial charge in [-0.15, -0.1) is 0 Å². The van der Waals surface area contributed by atoms with Crippen molar-refractivity contribution in [2.75, 3.05) is 12.8 Å². The first-order valence-electron chi connectivity index (χ1n) is 2.85. The molecule has 0 N–H and O–H groups in total. The second-order valence-corrected chi connectivity index (χ2v) is 2.63. The molecule has 44 valence electrons. The lowest BCUT2D eigenvalue weighted by molar-refractivity contribution is 0.149. The SMILES string of the molecule is CC(C)COC[SiH3]. The first-order valence-corrected chi connectivity index (χ1v) is 4.26. The van der Waals surface area contributed by atoms with Crippen LogP contribution >= 0.6 is 0 Å². The van der Waals surface area contributed by atoms with E-state index in [0.717, 1.165) is 12.8 Å². The van der Waals surface area contributed by atoms with E-state index in [2.05, 4.69) is 13.8 Å². The maximum Gasteiger partial charge on any atom is 0.0484 e. The molecule has 0 aromatic heterocycles. The fourth-order valence-electron chi connectivity index (χ4n) is 0.354. The van der Waals surface area contributed by atoms with E-state index in [1.807, 2.05) is 0 Å². The van der Waals surface area contributed by atoms with Gasteiger partial charge in [-0.25, -0.2) is 0 Å². The van der Waals surface area contributed by atoms with Gasteiger partial charge in [-0.2, -0.15) is 0 Å². The van der Waals surface area contributed by atoms with Gasteiger partial charge < -0.3 is 4.74 Å². The molecular weight excluding hydrogens is 104 g/mol. The molecule has 2 heteroatoms. The Kier molecular flexibility index (Phi) is 4.45. The third kappa shape index (κ3) is 6.18. The molecule has 0 rings (SSSR count). The molecule has 0 unspecified atom stereocenters. The number of rotatable bonds is 3. The zero-order chi connectivity index (χ0) is 5.70. The van der Waals surface area contributed by atoms with Crippen LogP contribution in [0.15, 0.2) is 0 Å². The van der Waals surface area contributed by atoms with Gasteiger partial charge in [-0.1, -0.05) is 13.8 Å². The molecule has 0 aliphatic heterocycles. The van der Waals surface area contributed by atoms with Crippen molar-refractivity contribution in [3.63, 3.8) is 0 Å². The molecule has 0 aliphatic rings. The number of hydrogen-bond donors (Lipinski definition) is 0. The molecule has 0 atom stereocenters. The Morgan fingerprint density at radius 3 is 2.29 bits per heavy atom. The van der Waals surface area contributed by atoms with Gasteiger partial charge in [0.25, 0.3) is 0 Å². The van der Waals surface area contributed by atoms with Crippen LogP contribution in [0, 0.1) is 5.92 Å². The van der Waals surface area contributed by atoms with Crippen LogP contribution < -0.4 is 0 Å². The van der Waals surface area contributed by atoms with Crippen LogP contribution in [0.1, 0.15) is 13.8 Å². The van der Waals surface area contributed by atoms with E-state index in [9.17, 15) is 0 Å². The van der Waals surface area contributed by atoms with Crippen LogP contribution in [0.2, 0.25) is 0 Å². The summed E-state index contributed by atoms with van der Waals surface area (Å²) in [6.45, 7) is 5.26. The molecule has 1 nitrogen and oxygen atoms in total. The first-order chi connectivity index (χ1) is 3.27. The third-order valence-corrected chi connectivity index (χ3v) is 1.06. The lowest BCUT2D eigenvalue weighted by atomic mass is 10.2. The van der Waals surface area contributed by atoms with E-state index in [4.69, 9.17) is 4.74 Å². The Morgan fingerprint density at radius 1 is 1.57 bits per heavy atom. The Bertz CT molecular complexity index is 37.1. The van der Waals surface area contributed by atoms with E-state index >= 15 is 0 Å². The minimum atomic E-state index is 0.703. The van der Waals surface area contributed by atoms with Crippen molar-refractivity contribution in [2.24, 2.45) is 5.92 Å². The Balaban J connectivity index is 2.68. The molecule has 0 aliphatic carbocycles. The van der Waals surface area contributed by atoms with Gasteiger partial charge in [0, 0.05) is 23.1 Å². The van der Waals surface area contributed by atoms with E-state index in [0.29, 0.717) is 5.92 Å². The van der Waals surface area contributed by atoms with Gasteiger partial charge in [0.15, 0.2) is 0 Å². The molecule has 0 saturated heterocycles. The predicted molar refractivity (Wildman–Crippen MR) is 35.6 cm³/mol. The van der Waals surface area contributed by atoms with Crippen molar-refractivity contribution in [1.29, 1.82) is 0 Å². The van der Waals surface area contributed by atoms with E-state index in [1.165, 1.54) is 10.2 Å².